The van der Waals surface area contributed by atoms with Crippen LogP contribution in [-0.2, 0) is 6.42 Å². The number of carbonyl (C=O) groups is 1. The molecule has 3 aromatic rings. The molecule has 26 heavy (non-hydrogen) atoms. The van der Waals surface area contributed by atoms with E-state index in [-0.39, 0.29) is 5.91 Å². The van der Waals surface area contributed by atoms with Gasteiger partial charge in [0.1, 0.15) is 0 Å². The van der Waals surface area contributed by atoms with E-state index >= 15 is 0 Å². The van der Waals surface area contributed by atoms with Crippen LogP contribution in [0.3, 0.4) is 0 Å². The molecular formula is C22H20N2OS. The van der Waals surface area contributed by atoms with Crippen LogP contribution in [0.4, 0.5) is 0 Å². The zero-order chi connectivity index (χ0) is 18.2. The van der Waals surface area contributed by atoms with Gasteiger partial charge in [0.2, 0.25) is 0 Å². The second-order valence-corrected chi connectivity index (χ2v) is 6.30. The number of carbonyl (C=O) groups excluding carboxylic acids is 1. The molecule has 1 amide bonds. The van der Waals surface area contributed by atoms with Gasteiger partial charge in [-0.15, -0.1) is 0 Å². The van der Waals surface area contributed by atoms with E-state index in [0.29, 0.717) is 17.2 Å². The van der Waals surface area contributed by atoms with Crippen molar-refractivity contribution in [2.75, 3.05) is 6.54 Å². The zero-order valence-corrected chi connectivity index (χ0v) is 15.1. The third-order valence-corrected chi connectivity index (χ3v) is 4.27. The number of amides is 1. The maximum atomic E-state index is 12.3. The van der Waals surface area contributed by atoms with Crippen LogP contribution in [0.25, 0.3) is 11.1 Å². The van der Waals surface area contributed by atoms with Crippen molar-refractivity contribution in [2.24, 2.45) is 0 Å². The first-order chi connectivity index (χ1) is 12.7. The number of nitrogens with one attached hydrogen (secondary N) is 2. The Morgan fingerprint density at radius 1 is 0.769 bits per heavy atom. The van der Waals surface area contributed by atoms with Gasteiger partial charge in [-0.2, -0.15) is 0 Å². The maximum Gasteiger partial charge on any atom is 0.257 e. The fourth-order valence-electron chi connectivity index (χ4n) is 2.63. The molecule has 0 saturated heterocycles. The van der Waals surface area contributed by atoms with Crippen molar-refractivity contribution < 1.29 is 4.79 Å². The van der Waals surface area contributed by atoms with Gasteiger partial charge in [-0.05, 0) is 47.5 Å². The summed E-state index contributed by atoms with van der Waals surface area (Å²) in [5, 5.41) is 6.14. The van der Waals surface area contributed by atoms with Gasteiger partial charge in [-0.3, -0.25) is 10.1 Å². The topological polar surface area (TPSA) is 41.1 Å². The van der Waals surface area contributed by atoms with Crippen molar-refractivity contribution in [3.05, 3.63) is 96.1 Å². The molecule has 0 saturated carbocycles. The molecule has 3 rings (SSSR count). The molecule has 0 unspecified atom stereocenters. The summed E-state index contributed by atoms with van der Waals surface area (Å²) in [7, 11) is 0. The highest BCUT2D eigenvalue weighted by Gasteiger charge is 2.08. The standard InChI is InChI=1S/C22H20N2OS/c25-21(24-22(26)23-16-15-17-7-3-1-4-8-17)20-13-11-19(12-14-20)18-9-5-2-6-10-18/h1-14H,15-16H2,(H2,23,24,25,26). The Labute approximate surface area is 159 Å². The van der Waals surface area contributed by atoms with Gasteiger partial charge >= 0.3 is 0 Å². The normalized spacial score (nSPS) is 10.2. The zero-order valence-electron chi connectivity index (χ0n) is 14.3. The van der Waals surface area contributed by atoms with E-state index in [9.17, 15) is 4.79 Å². The summed E-state index contributed by atoms with van der Waals surface area (Å²) in [6.07, 6.45) is 0.850. The molecule has 0 radical (unpaired) electrons. The monoisotopic (exact) mass is 360 g/mol. The molecule has 0 atom stereocenters. The number of rotatable bonds is 5. The van der Waals surface area contributed by atoms with Gasteiger partial charge in [0.25, 0.3) is 5.91 Å². The third-order valence-electron chi connectivity index (χ3n) is 4.02. The lowest BCUT2D eigenvalue weighted by molar-refractivity contribution is 0.0976. The summed E-state index contributed by atoms with van der Waals surface area (Å²) >= 11 is 5.20. The smallest absolute Gasteiger partial charge is 0.257 e. The first-order valence-corrected chi connectivity index (χ1v) is 8.92. The van der Waals surface area contributed by atoms with Gasteiger partial charge in [0.05, 0.1) is 0 Å². The van der Waals surface area contributed by atoms with Crippen molar-refractivity contribution in [3.63, 3.8) is 0 Å². The predicted octanol–water partition coefficient (Wildman–Crippen LogP) is 4.20. The second-order valence-electron chi connectivity index (χ2n) is 5.89. The van der Waals surface area contributed by atoms with E-state index in [2.05, 4.69) is 22.8 Å². The molecule has 0 spiro atoms. The van der Waals surface area contributed by atoms with E-state index in [1.807, 2.05) is 72.8 Å². The third kappa shape index (κ3) is 5.01. The molecular weight excluding hydrogens is 340 g/mol. The van der Waals surface area contributed by atoms with E-state index in [1.54, 1.807) is 0 Å². The highest BCUT2D eigenvalue weighted by atomic mass is 32.1. The summed E-state index contributed by atoms with van der Waals surface area (Å²) in [6.45, 7) is 0.677. The quantitative estimate of drug-likeness (QED) is 0.670. The van der Waals surface area contributed by atoms with Crippen molar-refractivity contribution in [3.8, 4) is 11.1 Å². The molecule has 4 heteroatoms. The highest BCUT2D eigenvalue weighted by Crippen LogP contribution is 2.19. The Bertz CT molecular complexity index is 862. The Morgan fingerprint density at radius 2 is 1.35 bits per heavy atom. The summed E-state index contributed by atoms with van der Waals surface area (Å²) in [4.78, 5) is 12.3. The molecule has 3 aromatic carbocycles. The van der Waals surface area contributed by atoms with Gasteiger partial charge in [0.15, 0.2) is 5.11 Å². The molecule has 0 aliphatic rings. The van der Waals surface area contributed by atoms with Gasteiger partial charge in [-0.25, -0.2) is 0 Å². The summed E-state index contributed by atoms with van der Waals surface area (Å²) in [5.74, 6) is -0.207. The molecule has 0 heterocycles. The predicted molar refractivity (Wildman–Crippen MR) is 110 cm³/mol. The van der Waals surface area contributed by atoms with Gasteiger partial charge < -0.3 is 5.32 Å². The fourth-order valence-corrected chi connectivity index (χ4v) is 2.82. The van der Waals surface area contributed by atoms with Crippen molar-refractivity contribution in [1.29, 1.82) is 0 Å². The minimum atomic E-state index is -0.207. The molecule has 2 N–H and O–H groups in total. The van der Waals surface area contributed by atoms with Crippen molar-refractivity contribution >= 4 is 23.2 Å². The molecule has 0 aliphatic heterocycles. The average molecular weight is 360 g/mol. The Kier molecular flexibility index (Phi) is 6.12. The minimum Gasteiger partial charge on any atom is -0.362 e. The van der Waals surface area contributed by atoms with Crippen LogP contribution in [0.15, 0.2) is 84.9 Å². The van der Waals surface area contributed by atoms with Crippen LogP contribution in [0, 0.1) is 0 Å². The number of benzene rings is 3. The van der Waals surface area contributed by atoms with Crippen molar-refractivity contribution in [1.82, 2.24) is 10.6 Å². The van der Waals surface area contributed by atoms with Crippen LogP contribution in [0.2, 0.25) is 0 Å². The van der Waals surface area contributed by atoms with Crippen molar-refractivity contribution in [2.45, 2.75) is 6.42 Å². The van der Waals surface area contributed by atoms with Crippen LogP contribution >= 0.6 is 12.2 Å². The number of hydrogen-bond acceptors (Lipinski definition) is 2. The van der Waals surface area contributed by atoms with E-state index in [0.717, 1.165) is 17.5 Å². The summed E-state index contributed by atoms with van der Waals surface area (Å²) in [5.41, 5.74) is 4.01. The molecule has 0 bridgehead atoms. The number of thiocarbonyl (C=S) groups is 1. The fraction of sp³-hybridized carbons (Fsp3) is 0.0909. The Hall–Kier alpha value is -2.98. The van der Waals surface area contributed by atoms with Crippen LogP contribution in [-0.4, -0.2) is 17.6 Å². The lowest BCUT2D eigenvalue weighted by Crippen LogP contribution is -2.40. The van der Waals surface area contributed by atoms with E-state index in [4.69, 9.17) is 12.2 Å². The molecule has 0 aromatic heterocycles. The highest BCUT2D eigenvalue weighted by molar-refractivity contribution is 7.80. The first-order valence-electron chi connectivity index (χ1n) is 8.51. The SMILES string of the molecule is O=C(NC(=S)NCCc1ccccc1)c1ccc(-c2ccccc2)cc1. The van der Waals surface area contributed by atoms with Gasteiger partial charge in [0, 0.05) is 12.1 Å². The number of hydrogen-bond donors (Lipinski definition) is 2. The minimum absolute atomic E-state index is 0.207. The van der Waals surface area contributed by atoms with Crippen LogP contribution < -0.4 is 10.6 Å². The van der Waals surface area contributed by atoms with Gasteiger partial charge in [-0.1, -0.05) is 72.8 Å². The lowest BCUT2D eigenvalue weighted by Gasteiger charge is -2.10. The first kappa shape index (κ1) is 17.8. The van der Waals surface area contributed by atoms with Crippen LogP contribution in [0.5, 0.6) is 0 Å². The van der Waals surface area contributed by atoms with E-state index in [1.165, 1.54) is 5.56 Å². The molecule has 130 valence electrons. The van der Waals surface area contributed by atoms with Crippen LogP contribution in [0.1, 0.15) is 15.9 Å². The molecule has 0 fully saturated rings. The van der Waals surface area contributed by atoms with E-state index < -0.39 is 0 Å². The molecule has 3 nitrogen and oxygen atoms in total. The largest absolute Gasteiger partial charge is 0.362 e. The second kappa shape index (κ2) is 8.92. The summed E-state index contributed by atoms with van der Waals surface area (Å²) < 4.78 is 0. The molecule has 0 aliphatic carbocycles. The lowest BCUT2D eigenvalue weighted by atomic mass is 10.0. The average Bonchev–Trinajstić information content (AvgIpc) is 2.69. The summed E-state index contributed by atoms with van der Waals surface area (Å²) in [6, 6.07) is 27.7. The Morgan fingerprint density at radius 3 is 2.00 bits per heavy atom. The Balaban J connectivity index is 1.50. The maximum absolute atomic E-state index is 12.3.